The van der Waals surface area contributed by atoms with Crippen LogP contribution < -0.4 is 15.2 Å². The monoisotopic (exact) mass is 244 g/mol. The van der Waals surface area contributed by atoms with Gasteiger partial charge in [0.2, 0.25) is 0 Å². The number of methoxy groups -OCH3 is 1. The molecule has 0 aliphatic rings. The smallest absolute Gasteiger partial charge is 0.161 e. The molecule has 2 N–H and O–H groups in total. The van der Waals surface area contributed by atoms with Gasteiger partial charge >= 0.3 is 0 Å². The van der Waals surface area contributed by atoms with Crippen LogP contribution in [0.4, 0.5) is 0 Å². The van der Waals surface area contributed by atoms with Gasteiger partial charge in [-0.1, -0.05) is 18.2 Å². The normalized spacial score (nSPS) is 10.1. The zero-order chi connectivity index (χ0) is 12.8. The van der Waals surface area contributed by atoms with E-state index in [4.69, 9.17) is 15.2 Å². The number of benzene rings is 1. The van der Waals surface area contributed by atoms with E-state index in [1.165, 1.54) is 0 Å². The van der Waals surface area contributed by atoms with Crippen molar-refractivity contribution in [3.05, 3.63) is 53.9 Å². The van der Waals surface area contributed by atoms with Gasteiger partial charge in [-0.2, -0.15) is 0 Å². The fraction of sp³-hybridized carbons (Fsp3) is 0.214. The number of pyridine rings is 1. The van der Waals surface area contributed by atoms with Crippen molar-refractivity contribution in [2.24, 2.45) is 5.73 Å². The highest BCUT2D eigenvalue weighted by atomic mass is 16.5. The lowest BCUT2D eigenvalue weighted by Gasteiger charge is -2.11. The first-order valence-electron chi connectivity index (χ1n) is 5.74. The van der Waals surface area contributed by atoms with Crippen molar-refractivity contribution in [3.8, 4) is 11.5 Å². The highest BCUT2D eigenvalue weighted by Gasteiger charge is 2.06. The minimum absolute atomic E-state index is 0.383. The minimum Gasteiger partial charge on any atom is -0.493 e. The molecule has 2 aromatic rings. The number of para-hydroxylation sites is 2. The Morgan fingerprint density at radius 1 is 1.11 bits per heavy atom. The van der Waals surface area contributed by atoms with Crippen molar-refractivity contribution < 1.29 is 9.47 Å². The Morgan fingerprint density at radius 3 is 2.61 bits per heavy atom. The third-order valence-corrected chi connectivity index (χ3v) is 2.64. The fourth-order valence-corrected chi connectivity index (χ4v) is 1.67. The molecule has 0 amide bonds. The van der Waals surface area contributed by atoms with Crippen LogP contribution in [0.2, 0.25) is 0 Å². The maximum atomic E-state index is 5.71. The highest BCUT2D eigenvalue weighted by Crippen LogP contribution is 2.26. The summed E-state index contributed by atoms with van der Waals surface area (Å²) in [6, 6.07) is 11.3. The summed E-state index contributed by atoms with van der Waals surface area (Å²) < 4.78 is 10.9. The Morgan fingerprint density at radius 2 is 1.89 bits per heavy atom. The Kier molecular flexibility index (Phi) is 4.15. The molecule has 1 heterocycles. The van der Waals surface area contributed by atoms with Crippen molar-refractivity contribution >= 4 is 0 Å². The molecule has 0 aliphatic heterocycles. The minimum atomic E-state index is 0.383. The summed E-state index contributed by atoms with van der Waals surface area (Å²) in [4.78, 5) is 4.27. The average Bonchev–Trinajstić information content (AvgIpc) is 2.45. The molecule has 0 saturated carbocycles. The van der Waals surface area contributed by atoms with Crippen molar-refractivity contribution in [2.45, 2.75) is 13.2 Å². The quantitative estimate of drug-likeness (QED) is 0.875. The number of nitrogens with zero attached hydrogens (tertiary/aromatic N) is 1. The van der Waals surface area contributed by atoms with Crippen LogP contribution in [0.25, 0.3) is 0 Å². The first-order valence-corrected chi connectivity index (χ1v) is 5.74. The molecule has 4 heteroatoms. The molecule has 94 valence electrons. The second-order valence-electron chi connectivity index (χ2n) is 3.75. The van der Waals surface area contributed by atoms with Gasteiger partial charge in [-0.3, -0.25) is 4.98 Å². The van der Waals surface area contributed by atoms with Crippen molar-refractivity contribution in [2.75, 3.05) is 7.11 Å². The number of hydrogen-bond donors (Lipinski definition) is 1. The van der Waals surface area contributed by atoms with Crippen molar-refractivity contribution in [3.63, 3.8) is 0 Å². The standard InChI is InChI=1S/C14H16N2O2/c1-17-13-6-2-3-7-14(13)18-10-12-11(9-15)5-4-8-16-12/h2-8H,9-10,15H2,1H3. The molecule has 0 fully saturated rings. The molecule has 0 spiro atoms. The van der Waals surface area contributed by atoms with Crippen LogP contribution in [0.15, 0.2) is 42.6 Å². The SMILES string of the molecule is COc1ccccc1OCc1ncccc1CN. The van der Waals surface area contributed by atoms with Gasteiger partial charge < -0.3 is 15.2 Å². The molecule has 4 nitrogen and oxygen atoms in total. The van der Waals surface area contributed by atoms with Crippen LogP contribution in [0.5, 0.6) is 11.5 Å². The van der Waals surface area contributed by atoms with E-state index >= 15 is 0 Å². The van der Waals surface area contributed by atoms with Crippen LogP contribution in [-0.2, 0) is 13.2 Å². The summed E-state index contributed by atoms with van der Waals surface area (Å²) in [5, 5.41) is 0. The lowest BCUT2D eigenvalue weighted by Crippen LogP contribution is -2.07. The van der Waals surface area contributed by atoms with Gasteiger partial charge in [0.25, 0.3) is 0 Å². The molecule has 0 unspecified atom stereocenters. The second-order valence-corrected chi connectivity index (χ2v) is 3.75. The van der Waals surface area contributed by atoms with E-state index in [1.54, 1.807) is 13.3 Å². The molecule has 1 aromatic heterocycles. The highest BCUT2D eigenvalue weighted by molar-refractivity contribution is 5.39. The predicted octanol–water partition coefficient (Wildman–Crippen LogP) is 2.13. The molecule has 0 aliphatic carbocycles. The molecular weight excluding hydrogens is 228 g/mol. The van der Waals surface area contributed by atoms with E-state index in [9.17, 15) is 0 Å². The van der Waals surface area contributed by atoms with Gasteiger partial charge in [-0.15, -0.1) is 0 Å². The Labute approximate surface area is 106 Å². The molecule has 0 bridgehead atoms. The van der Waals surface area contributed by atoms with Crippen LogP contribution in [0.1, 0.15) is 11.3 Å². The largest absolute Gasteiger partial charge is 0.493 e. The fourth-order valence-electron chi connectivity index (χ4n) is 1.67. The maximum Gasteiger partial charge on any atom is 0.161 e. The summed E-state index contributed by atoms with van der Waals surface area (Å²) in [5.41, 5.74) is 7.50. The Bertz CT molecular complexity index is 467. The molecule has 18 heavy (non-hydrogen) atoms. The Hall–Kier alpha value is -2.07. The van der Waals surface area contributed by atoms with Gasteiger partial charge in [0.15, 0.2) is 11.5 Å². The van der Waals surface area contributed by atoms with E-state index in [1.807, 2.05) is 36.4 Å². The van der Waals surface area contributed by atoms with E-state index in [0.29, 0.717) is 24.7 Å². The summed E-state index contributed by atoms with van der Waals surface area (Å²) in [5.74, 6) is 1.41. The average molecular weight is 244 g/mol. The zero-order valence-electron chi connectivity index (χ0n) is 10.3. The maximum absolute atomic E-state index is 5.71. The van der Waals surface area contributed by atoms with Crippen molar-refractivity contribution in [1.82, 2.24) is 4.98 Å². The number of ether oxygens (including phenoxy) is 2. The Balaban J connectivity index is 2.11. The number of aromatic nitrogens is 1. The van der Waals surface area contributed by atoms with Crippen LogP contribution >= 0.6 is 0 Å². The van der Waals surface area contributed by atoms with Crippen LogP contribution in [0.3, 0.4) is 0 Å². The third kappa shape index (κ3) is 2.78. The molecule has 0 radical (unpaired) electrons. The third-order valence-electron chi connectivity index (χ3n) is 2.64. The molecular formula is C14H16N2O2. The van der Waals surface area contributed by atoms with Crippen LogP contribution in [0, 0.1) is 0 Å². The summed E-state index contributed by atoms with van der Waals surface area (Å²) in [6.45, 7) is 0.839. The van der Waals surface area contributed by atoms with Gasteiger partial charge in [-0.25, -0.2) is 0 Å². The predicted molar refractivity (Wildman–Crippen MR) is 69.5 cm³/mol. The van der Waals surface area contributed by atoms with Gasteiger partial charge in [-0.05, 0) is 23.8 Å². The molecule has 0 saturated heterocycles. The van der Waals surface area contributed by atoms with Gasteiger partial charge in [0, 0.05) is 12.7 Å². The first kappa shape index (κ1) is 12.4. The zero-order valence-corrected chi connectivity index (χ0v) is 10.3. The van der Waals surface area contributed by atoms with E-state index in [0.717, 1.165) is 11.3 Å². The molecule has 2 rings (SSSR count). The van der Waals surface area contributed by atoms with E-state index in [-0.39, 0.29) is 0 Å². The topological polar surface area (TPSA) is 57.4 Å². The van der Waals surface area contributed by atoms with Crippen molar-refractivity contribution in [1.29, 1.82) is 0 Å². The van der Waals surface area contributed by atoms with Gasteiger partial charge in [0.05, 0.1) is 12.8 Å². The lowest BCUT2D eigenvalue weighted by molar-refractivity contribution is 0.279. The molecule has 0 atom stereocenters. The van der Waals surface area contributed by atoms with E-state index < -0.39 is 0 Å². The van der Waals surface area contributed by atoms with Gasteiger partial charge in [0.1, 0.15) is 6.61 Å². The first-order chi connectivity index (χ1) is 8.85. The number of hydrogen-bond acceptors (Lipinski definition) is 4. The van der Waals surface area contributed by atoms with E-state index in [2.05, 4.69) is 4.98 Å². The second kappa shape index (κ2) is 6.02. The summed E-state index contributed by atoms with van der Waals surface area (Å²) in [7, 11) is 1.62. The molecule has 1 aromatic carbocycles. The number of rotatable bonds is 5. The van der Waals surface area contributed by atoms with Crippen LogP contribution in [-0.4, -0.2) is 12.1 Å². The lowest BCUT2D eigenvalue weighted by atomic mass is 10.2. The number of nitrogens with two attached hydrogens (primary N) is 1. The summed E-state index contributed by atoms with van der Waals surface area (Å²) >= 11 is 0. The summed E-state index contributed by atoms with van der Waals surface area (Å²) in [6.07, 6.45) is 1.74.